The molecule has 0 saturated carbocycles. The van der Waals surface area contributed by atoms with Crippen LogP contribution in [0.4, 0.5) is 5.82 Å². The van der Waals surface area contributed by atoms with Crippen molar-refractivity contribution in [3.05, 3.63) is 59.5 Å². The fourth-order valence-corrected chi connectivity index (χ4v) is 3.21. The molecule has 27 heavy (non-hydrogen) atoms. The van der Waals surface area contributed by atoms with Crippen molar-refractivity contribution in [2.24, 2.45) is 0 Å². The fraction of sp³-hybridized carbons (Fsp3) is 0.222. The molecule has 0 aliphatic heterocycles. The number of carbonyl (C=O) groups excluding carboxylic acids is 1. The number of anilines is 1. The number of nitrogens with zero attached hydrogens (tertiary/aromatic N) is 4. The maximum absolute atomic E-state index is 12.1. The zero-order valence-electron chi connectivity index (χ0n) is 14.6. The van der Waals surface area contributed by atoms with Crippen LogP contribution in [-0.2, 0) is 17.9 Å². The smallest absolute Gasteiger partial charge is 0.236 e. The van der Waals surface area contributed by atoms with Gasteiger partial charge in [0.25, 0.3) is 0 Å². The van der Waals surface area contributed by atoms with Gasteiger partial charge in [-0.3, -0.25) is 4.79 Å². The van der Waals surface area contributed by atoms with Crippen LogP contribution < -0.4 is 10.1 Å². The molecule has 1 amide bonds. The first-order valence-electron chi connectivity index (χ1n) is 8.30. The average molecular weight is 404 g/mol. The molecule has 0 saturated heterocycles. The number of rotatable bonds is 8. The van der Waals surface area contributed by atoms with Crippen molar-refractivity contribution in [3.8, 4) is 5.75 Å². The molecule has 1 aromatic carbocycles. The van der Waals surface area contributed by atoms with E-state index >= 15 is 0 Å². The Morgan fingerprint density at radius 1 is 1.22 bits per heavy atom. The molecule has 0 spiro atoms. The zero-order chi connectivity index (χ0) is 19.1. The number of thioether (sulfide) groups is 1. The highest BCUT2D eigenvalue weighted by Crippen LogP contribution is 2.19. The van der Waals surface area contributed by atoms with Gasteiger partial charge in [-0.2, -0.15) is 0 Å². The van der Waals surface area contributed by atoms with Crippen LogP contribution in [0.3, 0.4) is 0 Å². The van der Waals surface area contributed by atoms with Crippen molar-refractivity contribution in [2.75, 3.05) is 11.1 Å². The molecule has 0 radical (unpaired) electrons. The standard InChI is InChI=1S/C18H18ClN5O2S/c1-2-24-16(11-26-14-6-4-3-5-7-14)22-23-18(24)27-12-17(25)21-15-9-8-13(19)10-20-15/h3-10H,2,11-12H2,1H3,(H,20,21,25). The number of nitrogens with one attached hydrogen (secondary N) is 1. The number of benzene rings is 1. The van der Waals surface area contributed by atoms with E-state index in [-0.39, 0.29) is 11.7 Å². The molecule has 0 atom stereocenters. The molecule has 3 rings (SSSR count). The van der Waals surface area contributed by atoms with Crippen molar-refractivity contribution >= 4 is 35.1 Å². The Morgan fingerprint density at radius 3 is 2.74 bits per heavy atom. The predicted molar refractivity (Wildman–Crippen MR) is 105 cm³/mol. The fourth-order valence-electron chi connectivity index (χ4n) is 2.27. The summed E-state index contributed by atoms with van der Waals surface area (Å²) in [6, 6.07) is 12.8. The van der Waals surface area contributed by atoms with Gasteiger partial charge in [0.05, 0.1) is 10.8 Å². The highest BCUT2D eigenvalue weighted by Gasteiger charge is 2.14. The van der Waals surface area contributed by atoms with E-state index in [1.807, 2.05) is 41.8 Å². The van der Waals surface area contributed by atoms with Crippen molar-refractivity contribution in [2.45, 2.75) is 25.2 Å². The summed E-state index contributed by atoms with van der Waals surface area (Å²) in [7, 11) is 0. The van der Waals surface area contributed by atoms with E-state index in [9.17, 15) is 4.79 Å². The van der Waals surface area contributed by atoms with Gasteiger partial charge in [-0.15, -0.1) is 10.2 Å². The Kier molecular flexibility index (Phi) is 6.67. The molecule has 2 aromatic heterocycles. The summed E-state index contributed by atoms with van der Waals surface area (Å²) >= 11 is 7.09. The van der Waals surface area contributed by atoms with E-state index in [1.165, 1.54) is 18.0 Å². The van der Waals surface area contributed by atoms with E-state index in [4.69, 9.17) is 16.3 Å². The summed E-state index contributed by atoms with van der Waals surface area (Å²) < 4.78 is 7.66. The normalized spacial score (nSPS) is 10.6. The molecular formula is C18H18ClN5O2S. The summed E-state index contributed by atoms with van der Waals surface area (Å²) in [6.07, 6.45) is 1.48. The predicted octanol–water partition coefficient (Wildman–Crippen LogP) is 3.66. The molecule has 0 unspecified atom stereocenters. The molecule has 1 N–H and O–H groups in total. The molecule has 0 fully saturated rings. The van der Waals surface area contributed by atoms with Gasteiger partial charge in [0.2, 0.25) is 5.91 Å². The topological polar surface area (TPSA) is 81.9 Å². The lowest BCUT2D eigenvalue weighted by Gasteiger charge is -2.09. The summed E-state index contributed by atoms with van der Waals surface area (Å²) in [6.45, 7) is 2.99. The molecule has 0 bridgehead atoms. The van der Waals surface area contributed by atoms with Crippen LogP contribution in [-0.4, -0.2) is 31.4 Å². The molecule has 7 nitrogen and oxygen atoms in total. The SMILES string of the molecule is CCn1c(COc2ccccc2)nnc1SCC(=O)Nc1ccc(Cl)cn1. The molecular weight excluding hydrogens is 386 g/mol. The van der Waals surface area contributed by atoms with Gasteiger partial charge in [-0.25, -0.2) is 4.98 Å². The molecule has 0 aliphatic rings. The van der Waals surface area contributed by atoms with Gasteiger partial charge >= 0.3 is 0 Å². The number of para-hydroxylation sites is 1. The third-order valence-corrected chi connectivity index (χ3v) is 4.74. The van der Waals surface area contributed by atoms with Crippen molar-refractivity contribution in [3.63, 3.8) is 0 Å². The Labute approximate surface area is 166 Å². The first-order chi connectivity index (χ1) is 13.2. The van der Waals surface area contributed by atoms with Crippen molar-refractivity contribution < 1.29 is 9.53 Å². The van der Waals surface area contributed by atoms with Crippen LogP contribution in [0.25, 0.3) is 0 Å². The average Bonchev–Trinajstić information content (AvgIpc) is 3.09. The number of pyridine rings is 1. The monoisotopic (exact) mass is 403 g/mol. The number of amides is 1. The summed E-state index contributed by atoms with van der Waals surface area (Å²) in [4.78, 5) is 16.1. The van der Waals surface area contributed by atoms with Crippen LogP contribution in [0.15, 0.2) is 53.8 Å². The first-order valence-corrected chi connectivity index (χ1v) is 9.66. The number of aromatic nitrogens is 4. The van der Waals surface area contributed by atoms with Crippen LogP contribution in [0.2, 0.25) is 5.02 Å². The first kappa shape index (κ1) is 19.2. The third kappa shape index (κ3) is 5.45. The largest absolute Gasteiger partial charge is 0.486 e. The number of carbonyl (C=O) groups is 1. The van der Waals surface area contributed by atoms with Crippen LogP contribution >= 0.6 is 23.4 Å². The number of halogens is 1. The van der Waals surface area contributed by atoms with E-state index in [0.29, 0.717) is 35.0 Å². The van der Waals surface area contributed by atoms with Crippen LogP contribution in [0, 0.1) is 0 Å². The highest BCUT2D eigenvalue weighted by atomic mass is 35.5. The maximum Gasteiger partial charge on any atom is 0.236 e. The van der Waals surface area contributed by atoms with Gasteiger partial charge in [-0.05, 0) is 31.2 Å². The van der Waals surface area contributed by atoms with E-state index in [1.54, 1.807) is 12.1 Å². The van der Waals surface area contributed by atoms with Crippen LogP contribution in [0.1, 0.15) is 12.7 Å². The lowest BCUT2D eigenvalue weighted by molar-refractivity contribution is -0.113. The van der Waals surface area contributed by atoms with Gasteiger partial charge in [0, 0.05) is 12.7 Å². The Bertz CT molecular complexity index is 887. The van der Waals surface area contributed by atoms with E-state index in [2.05, 4.69) is 20.5 Å². The number of ether oxygens (including phenoxy) is 1. The second-order valence-electron chi connectivity index (χ2n) is 5.44. The summed E-state index contributed by atoms with van der Waals surface area (Å²) in [5, 5.41) is 12.3. The van der Waals surface area contributed by atoms with Crippen molar-refractivity contribution in [1.82, 2.24) is 19.7 Å². The Morgan fingerprint density at radius 2 is 2.04 bits per heavy atom. The number of hydrogen-bond donors (Lipinski definition) is 1. The second kappa shape index (κ2) is 9.38. The molecule has 3 aromatic rings. The van der Waals surface area contributed by atoms with E-state index < -0.39 is 0 Å². The van der Waals surface area contributed by atoms with Gasteiger partial charge in [-0.1, -0.05) is 41.6 Å². The minimum Gasteiger partial charge on any atom is -0.486 e. The zero-order valence-corrected chi connectivity index (χ0v) is 16.2. The third-order valence-electron chi connectivity index (χ3n) is 3.55. The van der Waals surface area contributed by atoms with Crippen LogP contribution in [0.5, 0.6) is 5.75 Å². The second-order valence-corrected chi connectivity index (χ2v) is 6.82. The maximum atomic E-state index is 12.1. The lowest BCUT2D eigenvalue weighted by Crippen LogP contribution is -2.15. The summed E-state index contributed by atoms with van der Waals surface area (Å²) in [5.41, 5.74) is 0. The van der Waals surface area contributed by atoms with Crippen molar-refractivity contribution in [1.29, 1.82) is 0 Å². The minimum atomic E-state index is -0.178. The Balaban J connectivity index is 1.56. The quantitative estimate of drug-likeness (QED) is 0.578. The van der Waals surface area contributed by atoms with Gasteiger partial charge in [0.1, 0.15) is 18.2 Å². The highest BCUT2D eigenvalue weighted by molar-refractivity contribution is 7.99. The van der Waals surface area contributed by atoms with E-state index in [0.717, 1.165) is 5.75 Å². The molecule has 0 aliphatic carbocycles. The molecule has 9 heteroatoms. The molecule has 140 valence electrons. The number of hydrogen-bond acceptors (Lipinski definition) is 6. The molecule has 2 heterocycles. The summed E-state index contributed by atoms with van der Waals surface area (Å²) in [5.74, 6) is 1.96. The van der Waals surface area contributed by atoms with Gasteiger partial charge in [0.15, 0.2) is 11.0 Å². The lowest BCUT2D eigenvalue weighted by atomic mass is 10.3. The van der Waals surface area contributed by atoms with Gasteiger partial charge < -0.3 is 14.6 Å². The minimum absolute atomic E-state index is 0.178. The Hall–Kier alpha value is -2.58.